The van der Waals surface area contributed by atoms with Gasteiger partial charge in [-0.15, -0.1) is 0 Å². The van der Waals surface area contributed by atoms with E-state index in [1.807, 2.05) is 77.8 Å². The number of hydrogen-bond donors (Lipinski definition) is 0. The maximum atomic E-state index is 9.15. The van der Waals surface area contributed by atoms with E-state index < -0.39 is 60.4 Å². The van der Waals surface area contributed by atoms with Gasteiger partial charge in [-0.1, -0.05) is 172 Å². The predicted molar refractivity (Wildman–Crippen MR) is 291 cm³/mol. The Kier molecular flexibility index (Phi) is 7.51. The van der Waals surface area contributed by atoms with Crippen molar-refractivity contribution in [1.82, 2.24) is 14.1 Å². The van der Waals surface area contributed by atoms with E-state index in [4.69, 9.17) is 23.4 Å². The number of aromatic nitrogens is 3. The standard InChI is InChI=1S/C64H49N5O/c1-64(2,3)45-36-37-65-62(38-45)69-56-33-15-12-28-52(56)53-40-60(68-54-31-13-10-26-50(54)51-27-11-14-32-55(51)68)61(41-59(53)69)70-47-25-18-24-46(39-47)66-42-67(58-35-17-16-34-57(58)66)63-48(43-20-6-4-7-21-43)29-19-30-49(63)44-22-8-5-9-23-44/h4-41H,42H2,1-3H3/i4D,5D,6D,7D,8D,9D,20D,21D,22D,23D. The maximum absolute atomic E-state index is 9.15. The molecule has 6 nitrogen and oxygen atoms in total. The molecule has 12 aromatic rings. The van der Waals surface area contributed by atoms with Crippen LogP contribution in [0.15, 0.2) is 230 Å². The second kappa shape index (κ2) is 16.4. The van der Waals surface area contributed by atoms with Crippen LogP contribution in [-0.2, 0) is 5.41 Å². The van der Waals surface area contributed by atoms with Crippen LogP contribution in [0.2, 0.25) is 0 Å². The molecular formula is C64H49N5O. The van der Waals surface area contributed by atoms with E-state index in [1.54, 1.807) is 18.2 Å². The van der Waals surface area contributed by atoms with Crippen LogP contribution in [0.1, 0.15) is 40.0 Å². The fourth-order valence-corrected chi connectivity index (χ4v) is 10.2. The Labute approximate surface area is 421 Å². The van der Waals surface area contributed by atoms with Gasteiger partial charge in [0.05, 0.1) is 58.5 Å². The predicted octanol–water partition coefficient (Wildman–Crippen LogP) is 16.9. The molecule has 0 spiro atoms. The van der Waals surface area contributed by atoms with Gasteiger partial charge in [0.25, 0.3) is 0 Å². The fraction of sp³-hybridized carbons (Fsp3) is 0.0781. The van der Waals surface area contributed by atoms with Gasteiger partial charge in [-0.3, -0.25) is 4.57 Å². The van der Waals surface area contributed by atoms with Gasteiger partial charge in [-0.05, 0) is 82.8 Å². The Morgan fingerprint density at radius 3 is 1.67 bits per heavy atom. The first-order valence-electron chi connectivity index (χ1n) is 28.2. The summed E-state index contributed by atoms with van der Waals surface area (Å²) in [6.07, 6.45) is 1.87. The second-order valence-corrected chi connectivity index (χ2v) is 18.5. The van der Waals surface area contributed by atoms with Crippen LogP contribution >= 0.6 is 0 Å². The Morgan fingerprint density at radius 2 is 1.04 bits per heavy atom. The van der Waals surface area contributed by atoms with Gasteiger partial charge in [-0.25, -0.2) is 4.98 Å². The zero-order valence-corrected chi connectivity index (χ0v) is 38.5. The van der Waals surface area contributed by atoms with E-state index >= 15 is 0 Å². The van der Waals surface area contributed by atoms with Crippen LogP contribution in [0.4, 0.5) is 22.7 Å². The number of para-hydroxylation sites is 6. The van der Waals surface area contributed by atoms with Crippen LogP contribution in [0.5, 0.6) is 11.5 Å². The fourth-order valence-electron chi connectivity index (χ4n) is 10.2. The summed E-state index contributed by atoms with van der Waals surface area (Å²) in [5.41, 5.74) is 8.39. The molecule has 70 heavy (non-hydrogen) atoms. The van der Waals surface area contributed by atoms with E-state index in [-0.39, 0.29) is 40.0 Å². The van der Waals surface area contributed by atoms with Crippen molar-refractivity contribution in [1.29, 1.82) is 0 Å². The molecular weight excluding hydrogens is 855 g/mol. The second-order valence-electron chi connectivity index (χ2n) is 18.5. The van der Waals surface area contributed by atoms with E-state index in [0.717, 1.165) is 72.1 Å². The molecule has 1 aliphatic heterocycles. The number of fused-ring (bicyclic) bond motifs is 7. The Morgan fingerprint density at radius 1 is 0.486 bits per heavy atom. The average molecular weight is 914 g/mol. The van der Waals surface area contributed by atoms with Crippen LogP contribution < -0.4 is 14.5 Å². The van der Waals surface area contributed by atoms with Crippen molar-refractivity contribution in [3.05, 3.63) is 236 Å². The zero-order chi connectivity index (χ0) is 55.6. The number of anilines is 4. The van der Waals surface area contributed by atoms with Crippen molar-refractivity contribution in [3.63, 3.8) is 0 Å². The highest BCUT2D eigenvalue weighted by Gasteiger charge is 2.32. The van der Waals surface area contributed by atoms with Crippen LogP contribution in [-0.4, -0.2) is 20.8 Å². The lowest BCUT2D eigenvalue weighted by Gasteiger charge is -2.27. The van der Waals surface area contributed by atoms with Crippen molar-refractivity contribution in [2.45, 2.75) is 26.2 Å². The lowest BCUT2D eigenvalue weighted by Crippen LogP contribution is -2.25. The molecule has 0 radical (unpaired) electrons. The van der Waals surface area contributed by atoms with Gasteiger partial charge in [0.1, 0.15) is 18.2 Å². The Bertz CT molecular complexity index is 4380. The van der Waals surface area contributed by atoms with E-state index in [1.165, 1.54) is 0 Å². The maximum Gasteiger partial charge on any atom is 0.153 e. The molecule has 0 fully saturated rings. The largest absolute Gasteiger partial charge is 0.455 e. The number of benzene rings is 9. The monoisotopic (exact) mass is 913 g/mol. The Hall–Kier alpha value is -8.87. The topological polar surface area (TPSA) is 38.5 Å². The van der Waals surface area contributed by atoms with E-state index in [9.17, 15) is 0 Å². The highest BCUT2D eigenvalue weighted by molar-refractivity contribution is 6.13. The summed E-state index contributed by atoms with van der Waals surface area (Å²) in [5.74, 6) is 1.88. The molecule has 0 atom stereocenters. The number of nitrogens with zero attached hydrogens (tertiary/aromatic N) is 5. The van der Waals surface area contributed by atoms with Gasteiger partial charge in [-0.2, -0.15) is 0 Å². The van der Waals surface area contributed by atoms with Crippen LogP contribution in [0.25, 0.3) is 77.4 Å². The first-order chi connectivity index (χ1) is 38.5. The lowest BCUT2D eigenvalue weighted by atomic mass is 9.88. The van der Waals surface area contributed by atoms with Gasteiger partial charge in [0.15, 0.2) is 5.75 Å². The van der Waals surface area contributed by atoms with Crippen LogP contribution in [0, 0.1) is 0 Å². The minimum Gasteiger partial charge on any atom is -0.455 e. The summed E-state index contributed by atoms with van der Waals surface area (Å²) in [6, 6.07) is 48.9. The molecule has 0 bridgehead atoms. The van der Waals surface area contributed by atoms with E-state index in [2.05, 4.69) is 114 Å². The zero-order valence-electron chi connectivity index (χ0n) is 48.5. The summed E-state index contributed by atoms with van der Waals surface area (Å²) in [7, 11) is 0. The van der Waals surface area contributed by atoms with Gasteiger partial charge < -0.3 is 19.1 Å². The molecule has 6 heteroatoms. The minimum atomic E-state index is -0.556. The number of ether oxygens (including phenoxy) is 1. The molecule has 0 saturated heterocycles. The quantitative estimate of drug-likeness (QED) is 0.152. The van der Waals surface area contributed by atoms with Gasteiger partial charge >= 0.3 is 0 Å². The minimum absolute atomic E-state index is 0.0867. The lowest BCUT2D eigenvalue weighted by molar-refractivity contribution is 0.481. The number of rotatable bonds is 8. The Balaban J connectivity index is 1.00. The van der Waals surface area contributed by atoms with Gasteiger partial charge in [0.2, 0.25) is 0 Å². The summed E-state index contributed by atoms with van der Waals surface area (Å²) >= 11 is 0. The molecule has 13 rings (SSSR count). The average Bonchev–Trinajstić information content (AvgIpc) is 4.18. The molecule has 0 unspecified atom stereocenters. The van der Waals surface area contributed by atoms with Crippen molar-refractivity contribution < 1.29 is 18.4 Å². The third-order valence-corrected chi connectivity index (χ3v) is 13.4. The van der Waals surface area contributed by atoms with Gasteiger partial charge in [0, 0.05) is 56.7 Å². The molecule has 0 saturated carbocycles. The first kappa shape index (κ1) is 32.0. The summed E-state index contributed by atoms with van der Waals surface area (Å²) < 4.78 is 100.0. The molecule has 9 aromatic carbocycles. The smallest absolute Gasteiger partial charge is 0.153 e. The molecule has 4 heterocycles. The highest BCUT2D eigenvalue weighted by atomic mass is 16.5. The van der Waals surface area contributed by atoms with Crippen molar-refractivity contribution in [2.24, 2.45) is 0 Å². The molecule has 3 aromatic heterocycles. The number of hydrogen-bond acceptors (Lipinski definition) is 4. The van der Waals surface area contributed by atoms with Crippen molar-refractivity contribution in [3.8, 4) is 45.3 Å². The normalized spacial score (nSPS) is 14.7. The highest BCUT2D eigenvalue weighted by Crippen LogP contribution is 2.51. The number of pyridine rings is 1. The summed E-state index contributed by atoms with van der Waals surface area (Å²) in [5, 5.41) is 4.27. The molecule has 336 valence electrons. The first-order valence-corrected chi connectivity index (χ1v) is 23.2. The summed E-state index contributed by atoms with van der Waals surface area (Å²) in [4.78, 5) is 8.94. The van der Waals surface area contributed by atoms with Crippen molar-refractivity contribution >= 4 is 66.4 Å². The van der Waals surface area contributed by atoms with Crippen LogP contribution in [0.3, 0.4) is 0 Å². The van der Waals surface area contributed by atoms with E-state index in [0.29, 0.717) is 17.2 Å². The molecule has 0 N–H and O–H groups in total. The summed E-state index contributed by atoms with van der Waals surface area (Å²) in [6.45, 7) is 6.67. The molecule has 0 aliphatic carbocycles. The van der Waals surface area contributed by atoms with Crippen molar-refractivity contribution in [2.75, 3.05) is 16.5 Å². The SMILES string of the molecule is [2H]c1c([2H])c([2H])c(-c2cccc(-c3c([2H])c([2H])c([2H])c([2H])c3[2H])c2N2CN(c3cccc(Oc4cc5c(cc4-n4c6ccccc6c6ccccc64)c4ccccc4n5-c4cc(C(C)(C)C)ccn4)c3)c3ccccc32)c([2H])c1[2H]. The molecule has 0 amide bonds. The third kappa shape index (κ3) is 6.82. The third-order valence-electron chi connectivity index (χ3n) is 13.4. The molecule has 1 aliphatic rings.